The van der Waals surface area contributed by atoms with Gasteiger partial charge in [-0.15, -0.1) is 0 Å². The van der Waals surface area contributed by atoms with E-state index in [1.807, 2.05) is 0 Å². The molecule has 2 aromatic carbocycles. The number of urea groups is 1. The van der Waals surface area contributed by atoms with Crippen molar-refractivity contribution in [1.29, 1.82) is 0 Å². The van der Waals surface area contributed by atoms with E-state index in [9.17, 15) is 14.4 Å². The van der Waals surface area contributed by atoms with Crippen molar-refractivity contribution >= 4 is 41.3 Å². The molecule has 1 aliphatic rings. The second-order valence-corrected chi connectivity index (χ2v) is 6.63. The molecule has 7 nitrogen and oxygen atoms in total. The summed E-state index contributed by atoms with van der Waals surface area (Å²) < 4.78 is 5.71. The van der Waals surface area contributed by atoms with E-state index in [2.05, 4.69) is 5.32 Å². The van der Waals surface area contributed by atoms with Crippen molar-refractivity contribution < 1.29 is 23.9 Å². The average molecular weight is 409 g/mol. The fraction of sp³-hybridized carbons (Fsp3) is 0. The van der Waals surface area contributed by atoms with E-state index in [0.29, 0.717) is 27.8 Å². The summed E-state index contributed by atoms with van der Waals surface area (Å²) in [6.07, 6.45) is 1.43. The molecule has 0 aliphatic carbocycles. The number of hydrogen-bond acceptors (Lipinski definition) is 4. The van der Waals surface area contributed by atoms with Gasteiger partial charge in [0.25, 0.3) is 5.91 Å². The fourth-order valence-electron chi connectivity index (χ4n) is 2.89. The van der Waals surface area contributed by atoms with Crippen molar-refractivity contribution in [1.82, 2.24) is 5.32 Å². The van der Waals surface area contributed by atoms with Gasteiger partial charge in [-0.2, -0.15) is 0 Å². The summed E-state index contributed by atoms with van der Waals surface area (Å²) in [5.74, 6) is -0.682. The van der Waals surface area contributed by atoms with Crippen LogP contribution in [-0.2, 0) is 4.79 Å². The molecule has 1 saturated heterocycles. The second-order valence-electron chi connectivity index (χ2n) is 6.19. The van der Waals surface area contributed by atoms with Crippen LogP contribution in [0.1, 0.15) is 16.1 Å². The van der Waals surface area contributed by atoms with Crippen LogP contribution in [0, 0.1) is 0 Å². The average Bonchev–Trinajstić information content (AvgIpc) is 3.26. The highest BCUT2D eigenvalue weighted by atomic mass is 35.5. The van der Waals surface area contributed by atoms with Crippen LogP contribution in [0.3, 0.4) is 0 Å². The number of amides is 3. The van der Waals surface area contributed by atoms with Gasteiger partial charge in [-0.1, -0.05) is 29.8 Å². The van der Waals surface area contributed by atoms with E-state index < -0.39 is 17.9 Å². The number of carboxylic acids is 1. The maximum absolute atomic E-state index is 12.6. The summed E-state index contributed by atoms with van der Waals surface area (Å²) in [6, 6.07) is 15.4. The number of carbonyl (C=O) groups excluding carboxylic acids is 2. The largest absolute Gasteiger partial charge is 0.478 e. The van der Waals surface area contributed by atoms with E-state index in [-0.39, 0.29) is 11.3 Å². The number of carboxylic acid groups (broad SMARTS) is 1. The zero-order valence-corrected chi connectivity index (χ0v) is 15.5. The van der Waals surface area contributed by atoms with Gasteiger partial charge in [-0.25, -0.2) is 14.5 Å². The van der Waals surface area contributed by atoms with Crippen molar-refractivity contribution in [2.75, 3.05) is 4.90 Å². The molecule has 1 aromatic heterocycles. The molecule has 0 atom stereocenters. The highest BCUT2D eigenvalue weighted by Gasteiger charge is 2.35. The van der Waals surface area contributed by atoms with Gasteiger partial charge in [0, 0.05) is 16.7 Å². The van der Waals surface area contributed by atoms with Gasteiger partial charge in [0.05, 0.1) is 11.3 Å². The van der Waals surface area contributed by atoms with Gasteiger partial charge >= 0.3 is 12.0 Å². The zero-order valence-electron chi connectivity index (χ0n) is 14.8. The number of anilines is 1. The Balaban J connectivity index is 1.58. The van der Waals surface area contributed by atoms with Crippen LogP contribution in [-0.4, -0.2) is 23.0 Å². The predicted molar refractivity (Wildman–Crippen MR) is 107 cm³/mol. The lowest BCUT2D eigenvalue weighted by molar-refractivity contribution is -0.113. The van der Waals surface area contributed by atoms with Gasteiger partial charge in [0.15, 0.2) is 0 Å². The van der Waals surface area contributed by atoms with E-state index in [4.69, 9.17) is 21.1 Å². The van der Waals surface area contributed by atoms with E-state index in [0.717, 1.165) is 4.90 Å². The summed E-state index contributed by atoms with van der Waals surface area (Å²) >= 11 is 5.94. The van der Waals surface area contributed by atoms with Crippen molar-refractivity contribution in [3.05, 3.63) is 82.7 Å². The number of hydrogen-bond donors (Lipinski definition) is 2. The molecule has 0 radical (unpaired) electrons. The number of carbonyl (C=O) groups is 3. The first-order chi connectivity index (χ1) is 13.9. The summed E-state index contributed by atoms with van der Waals surface area (Å²) in [5.41, 5.74) is 1.28. The number of nitrogens with zero attached hydrogens (tertiary/aromatic N) is 1. The molecule has 3 aromatic rings. The third-order valence-electron chi connectivity index (χ3n) is 4.27. The van der Waals surface area contributed by atoms with Crippen molar-refractivity contribution in [3.63, 3.8) is 0 Å². The van der Waals surface area contributed by atoms with Crippen LogP contribution < -0.4 is 10.2 Å². The van der Waals surface area contributed by atoms with Gasteiger partial charge in [-0.3, -0.25) is 4.79 Å². The Bertz CT molecular complexity index is 1160. The Morgan fingerprint density at radius 1 is 1.07 bits per heavy atom. The van der Waals surface area contributed by atoms with Crippen molar-refractivity contribution in [3.8, 4) is 11.3 Å². The first kappa shape index (κ1) is 18.5. The summed E-state index contributed by atoms with van der Waals surface area (Å²) in [7, 11) is 0. The number of imide groups is 1. The van der Waals surface area contributed by atoms with E-state index in [1.54, 1.807) is 42.5 Å². The van der Waals surface area contributed by atoms with Crippen LogP contribution in [0.4, 0.5) is 10.5 Å². The Hall–Kier alpha value is -3.84. The topological polar surface area (TPSA) is 99.9 Å². The van der Waals surface area contributed by atoms with Gasteiger partial charge in [0.2, 0.25) is 0 Å². The third kappa shape index (κ3) is 3.63. The highest BCUT2D eigenvalue weighted by molar-refractivity contribution is 6.32. The third-order valence-corrected chi connectivity index (χ3v) is 4.51. The number of benzene rings is 2. The fourth-order valence-corrected chi connectivity index (χ4v) is 3.07. The first-order valence-electron chi connectivity index (χ1n) is 8.48. The molecule has 0 unspecified atom stereocenters. The van der Waals surface area contributed by atoms with Crippen LogP contribution >= 0.6 is 11.6 Å². The summed E-state index contributed by atoms with van der Waals surface area (Å²) in [4.78, 5) is 36.8. The minimum Gasteiger partial charge on any atom is -0.478 e. The quantitative estimate of drug-likeness (QED) is 0.492. The molecular weight excluding hydrogens is 396 g/mol. The lowest BCUT2D eigenvalue weighted by Crippen LogP contribution is -2.30. The lowest BCUT2D eigenvalue weighted by atomic mass is 10.1. The molecule has 0 saturated carbocycles. The Morgan fingerprint density at radius 2 is 1.83 bits per heavy atom. The van der Waals surface area contributed by atoms with Crippen LogP contribution in [0.2, 0.25) is 5.02 Å². The van der Waals surface area contributed by atoms with Crippen LogP contribution in [0.25, 0.3) is 17.4 Å². The van der Waals surface area contributed by atoms with Crippen molar-refractivity contribution in [2.24, 2.45) is 0 Å². The molecule has 2 N–H and O–H groups in total. The molecule has 8 heteroatoms. The lowest BCUT2D eigenvalue weighted by Gasteiger charge is -2.11. The molecule has 1 aliphatic heterocycles. The number of aromatic carboxylic acids is 1. The molecule has 29 heavy (non-hydrogen) atoms. The number of furan rings is 1. The Morgan fingerprint density at radius 3 is 2.52 bits per heavy atom. The molecule has 1 fully saturated rings. The molecule has 0 spiro atoms. The van der Waals surface area contributed by atoms with E-state index >= 15 is 0 Å². The molecule has 2 heterocycles. The number of rotatable bonds is 4. The minimum absolute atomic E-state index is 0.0668. The normalized spacial score (nSPS) is 15.1. The molecule has 144 valence electrons. The van der Waals surface area contributed by atoms with Gasteiger partial charge in [-0.05, 0) is 42.5 Å². The SMILES string of the molecule is O=C(O)c1ccc(-c2ccc(/C=C3/NC(=O)N(c4cccc(Cl)c4)C3=O)o2)cc1. The maximum Gasteiger partial charge on any atom is 0.335 e. The Kier molecular flexibility index (Phi) is 4.66. The molecule has 3 amide bonds. The maximum atomic E-state index is 12.6. The highest BCUT2D eigenvalue weighted by Crippen LogP contribution is 2.27. The predicted octanol–water partition coefficient (Wildman–Crippen LogP) is 4.40. The number of halogens is 1. The monoisotopic (exact) mass is 408 g/mol. The summed E-state index contributed by atoms with van der Waals surface area (Å²) in [6.45, 7) is 0. The van der Waals surface area contributed by atoms with Crippen LogP contribution in [0.5, 0.6) is 0 Å². The minimum atomic E-state index is -1.01. The molecular formula is C21H13ClN2O5. The van der Waals surface area contributed by atoms with Crippen LogP contribution in [0.15, 0.2) is 70.8 Å². The molecule has 4 rings (SSSR count). The first-order valence-corrected chi connectivity index (χ1v) is 8.86. The standard InChI is InChI=1S/C21H13ClN2O5/c22-14-2-1-3-15(10-14)24-19(25)17(23-21(24)28)11-16-8-9-18(29-16)12-4-6-13(7-5-12)20(26)27/h1-11H,(H,23,28)(H,26,27)/b17-11+. The zero-order chi connectivity index (χ0) is 20.5. The molecule has 0 bridgehead atoms. The van der Waals surface area contributed by atoms with Gasteiger partial charge < -0.3 is 14.8 Å². The van der Waals surface area contributed by atoms with Crippen molar-refractivity contribution in [2.45, 2.75) is 0 Å². The smallest absolute Gasteiger partial charge is 0.335 e. The van der Waals surface area contributed by atoms with Gasteiger partial charge in [0.1, 0.15) is 17.2 Å². The summed E-state index contributed by atoms with van der Waals surface area (Å²) in [5, 5.41) is 11.9. The van der Waals surface area contributed by atoms with E-state index in [1.165, 1.54) is 24.3 Å². The second kappa shape index (κ2) is 7.29. The number of nitrogens with one attached hydrogen (secondary N) is 1. The Labute approximate surface area is 169 Å².